The van der Waals surface area contributed by atoms with Crippen LogP contribution in [0, 0.1) is 5.82 Å². The van der Waals surface area contributed by atoms with Gasteiger partial charge in [-0.1, -0.05) is 0 Å². The number of nitrogens with one attached hydrogen (secondary N) is 2. The number of hydrazine groups is 1. The lowest BCUT2D eigenvalue weighted by atomic mass is 10.2. The van der Waals surface area contributed by atoms with Crippen LogP contribution in [-0.2, 0) is 4.79 Å². The summed E-state index contributed by atoms with van der Waals surface area (Å²) in [5.74, 6) is -0.352. The first-order valence-corrected chi connectivity index (χ1v) is 9.57. The van der Waals surface area contributed by atoms with Crippen LogP contribution in [0.15, 0.2) is 40.9 Å². The summed E-state index contributed by atoms with van der Waals surface area (Å²) in [6, 6.07) is 8.52. The number of halogens is 2. The van der Waals surface area contributed by atoms with Crippen molar-refractivity contribution in [3.05, 3.63) is 52.3 Å². The number of amides is 2. The highest BCUT2D eigenvalue weighted by Crippen LogP contribution is 2.29. The Balaban J connectivity index is 1.96. The van der Waals surface area contributed by atoms with Crippen molar-refractivity contribution in [3.63, 3.8) is 0 Å². The van der Waals surface area contributed by atoms with Crippen molar-refractivity contribution in [2.75, 3.05) is 7.11 Å². The van der Waals surface area contributed by atoms with Crippen LogP contribution in [0.4, 0.5) is 4.39 Å². The Bertz CT molecular complexity index is 891. The van der Waals surface area contributed by atoms with E-state index in [2.05, 4.69) is 26.8 Å². The van der Waals surface area contributed by atoms with Gasteiger partial charge in [0.2, 0.25) is 0 Å². The van der Waals surface area contributed by atoms with E-state index in [1.165, 1.54) is 38.3 Å². The number of ether oxygens (including phenoxy) is 3. The van der Waals surface area contributed by atoms with E-state index in [4.69, 9.17) is 14.2 Å². The SMILES string of the molecule is COc1cc(C(=O)NNC(=O)C(C)Oc2ccc(F)cc2Br)ccc1OC(C)C. The van der Waals surface area contributed by atoms with E-state index in [1.54, 1.807) is 12.1 Å². The predicted molar refractivity (Wildman–Crippen MR) is 109 cm³/mol. The van der Waals surface area contributed by atoms with E-state index in [0.717, 1.165) is 0 Å². The zero-order valence-corrected chi connectivity index (χ0v) is 18.0. The Morgan fingerprint density at radius 2 is 1.66 bits per heavy atom. The van der Waals surface area contributed by atoms with Gasteiger partial charge in [0.05, 0.1) is 17.7 Å². The van der Waals surface area contributed by atoms with Gasteiger partial charge in [-0.2, -0.15) is 0 Å². The molecule has 2 rings (SSSR count). The summed E-state index contributed by atoms with van der Waals surface area (Å²) in [6.45, 7) is 5.25. The molecule has 1 atom stereocenters. The van der Waals surface area contributed by atoms with Gasteiger partial charge in [-0.05, 0) is 73.1 Å². The van der Waals surface area contributed by atoms with E-state index >= 15 is 0 Å². The topological polar surface area (TPSA) is 85.9 Å². The maximum atomic E-state index is 13.1. The molecule has 1 unspecified atom stereocenters. The van der Waals surface area contributed by atoms with E-state index < -0.39 is 23.7 Å². The third-order valence-electron chi connectivity index (χ3n) is 3.65. The lowest BCUT2D eigenvalue weighted by Crippen LogP contribution is -2.47. The fourth-order valence-electron chi connectivity index (χ4n) is 2.27. The molecule has 2 aromatic carbocycles. The Morgan fingerprint density at radius 1 is 0.966 bits per heavy atom. The maximum absolute atomic E-state index is 13.1. The zero-order chi connectivity index (χ0) is 21.6. The van der Waals surface area contributed by atoms with Gasteiger partial charge in [-0.25, -0.2) is 4.39 Å². The van der Waals surface area contributed by atoms with Crippen LogP contribution in [0.5, 0.6) is 17.2 Å². The Labute approximate surface area is 176 Å². The number of hydrogen-bond donors (Lipinski definition) is 2. The Kier molecular flexibility index (Phi) is 7.83. The first-order chi connectivity index (χ1) is 13.7. The standard InChI is InChI=1S/C20H22BrFN2O5/c1-11(2)28-17-7-5-13(9-18(17)27-4)20(26)24-23-19(25)12(3)29-16-8-6-14(22)10-15(16)21/h5-12H,1-4H3,(H,23,25)(H,24,26). The molecule has 156 valence electrons. The summed E-state index contributed by atoms with van der Waals surface area (Å²) in [4.78, 5) is 24.5. The molecule has 0 aliphatic rings. The van der Waals surface area contributed by atoms with E-state index in [1.807, 2.05) is 13.8 Å². The Morgan fingerprint density at radius 3 is 2.28 bits per heavy atom. The Hall–Kier alpha value is -2.81. The summed E-state index contributed by atoms with van der Waals surface area (Å²) in [5, 5.41) is 0. The summed E-state index contributed by atoms with van der Waals surface area (Å²) >= 11 is 3.16. The van der Waals surface area contributed by atoms with Crippen molar-refractivity contribution in [2.24, 2.45) is 0 Å². The van der Waals surface area contributed by atoms with Crippen LogP contribution in [0.2, 0.25) is 0 Å². The number of methoxy groups -OCH3 is 1. The van der Waals surface area contributed by atoms with Crippen molar-refractivity contribution in [1.82, 2.24) is 10.9 Å². The second-order valence-electron chi connectivity index (χ2n) is 6.31. The van der Waals surface area contributed by atoms with E-state index in [-0.39, 0.29) is 11.7 Å². The first kappa shape index (κ1) is 22.5. The highest BCUT2D eigenvalue weighted by molar-refractivity contribution is 9.10. The predicted octanol–water partition coefficient (Wildman–Crippen LogP) is 3.61. The first-order valence-electron chi connectivity index (χ1n) is 8.78. The molecule has 0 aliphatic carbocycles. The molecule has 0 fully saturated rings. The largest absolute Gasteiger partial charge is 0.493 e. The zero-order valence-electron chi connectivity index (χ0n) is 16.4. The molecule has 0 heterocycles. The summed E-state index contributed by atoms with van der Waals surface area (Å²) < 4.78 is 29.8. The minimum atomic E-state index is -0.937. The van der Waals surface area contributed by atoms with Crippen molar-refractivity contribution in [2.45, 2.75) is 33.0 Å². The third-order valence-corrected chi connectivity index (χ3v) is 4.27. The van der Waals surface area contributed by atoms with Gasteiger partial charge in [0.25, 0.3) is 11.8 Å². The summed E-state index contributed by atoms with van der Waals surface area (Å²) in [7, 11) is 1.47. The minimum Gasteiger partial charge on any atom is -0.493 e. The van der Waals surface area contributed by atoms with Gasteiger partial charge in [-0.15, -0.1) is 0 Å². The molecule has 0 spiro atoms. The quantitative estimate of drug-likeness (QED) is 0.606. The molecule has 0 radical (unpaired) electrons. The molecular formula is C20H22BrFN2O5. The van der Waals surface area contributed by atoms with Crippen molar-refractivity contribution >= 4 is 27.7 Å². The normalized spacial score (nSPS) is 11.6. The number of benzene rings is 2. The van der Waals surface area contributed by atoms with Gasteiger partial charge in [0.1, 0.15) is 11.6 Å². The monoisotopic (exact) mass is 468 g/mol. The van der Waals surface area contributed by atoms with Gasteiger partial charge in [0, 0.05) is 5.56 Å². The molecule has 7 nitrogen and oxygen atoms in total. The average molecular weight is 469 g/mol. The molecular weight excluding hydrogens is 447 g/mol. The molecule has 9 heteroatoms. The van der Waals surface area contributed by atoms with Crippen molar-refractivity contribution in [1.29, 1.82) is 0 Å². The van der Waals surface area contributed by atoms with Gasteiger partial charge in [-0.3, -0.25) is 20.4 Å². The van der Waals surface area contributed by atoms with Crippen LogP contribution in [-0.4, -0.2) is 31.1 Å². The fraction of sp³-hybridized carbons (Fsp3) is 0.300. The molecule has 0 saturated carbocycles. The lowest BCUT2D eigenvalue weighted by molar-refractivity contribution is -0.128. The maximum Gasteiger partial charge on any atom is 0.279 e. The van der Waals surface area contributed by atoms with Gasteiger partial charge in [0.15, 0.2) is 17.6 Å². The number of carbonyl (C=O) groups excluding carboxylic acids is 2. The highest BCUT2D eigenvalue weighted by atomic mass is 79.9. The number of carbonyl (C=O) groups is 2. The number of hydrogen-bond acceptors (Lipinski definition) is 5. The van der Waals surface area contributed by atoms with Crippen LogP contribution in [0.1, 0.15) is 31.1 Å². The number of rotatable bonds is 7. The fourth-order valence-corrected chi connectivity index (χ4v) is 2.71. The second-order valence-corrected chi connectivity index (χ2v) is 7.16. The lowest BCUT2D eigenvalue weighted by Gasteiger charge is -2.17. The second kappa shape index (κ2) is 10.1. The molecule has 2 aromatic rings. The highest BCUT2D eigenvalue weighted by Gasteiger charge is 2.18. The van der Waals surface area contributed by atoms with Crippen LogP contribution >= 0.6 is 15.9 Å². The van der Waals surface area contributed by atoms with Crippen molar-refractivity contribution < 1.29 is 28.2 Å². The van der Waals surface area contributed by atoms with E-state index in [9.17, 15) is 14.0 Å². The molecule has 29 heavy (non-hydrogen) atoms. The third kappa shape index (κ3) is 6.35. The van der Waals surface area contributed by atoms with Crippen molar-refractivity contribution in [3.8, 4) is 17.2 Å². The summed E-state index contributed by atoms with van der Waals surface area (Å²) in [5.41, 5.74) is 4.88. The van der Waals surface area contributed by atoms with E-state index in [0.29, 0.717) is 21.7 Å². The molecule has 0 saturated heterocycles. The van der Waals surface area contributed by atoms with Crippen LogP contribution in [0.25, 0.3) is 0 Å². The molecule has 0 aliphatic heterocycles. The molecule has 0 bridgehead atoms. The molecule has 2 amide bonds. The minimum absolute atomic E-state index is 0.0505. The smallest absolute Gasteiger partial charge is 0.279 e. The van der Waals surface area contributed by atoms with Gasteiger partial charge < -0.3 is 14.2 Å². The average Bonchev–Trinajstić information content (AvgIpc) is 2.67. The van der Waals surface area contributed by atoms with Gasteiger partial charge >= 0.3 is 0 Å². The van der Waals surface area contributed by atoms with Crippen LogP contribution in [0.3, 0.4) is 0 Å². The molecule has 2 N–H and O–H groups in total. The molecule has 0 aromatic heterocycles. The summed E-state index contributed by atoms with van der Waals surface area (Å²) in [6.07, 6.45) is -0.987. The van der Waals surface area contributed by atoms with Crippen LogP contribution < -0.4 is 25.1 Å².